The number of fused-ring (bicyclic) bond motifs is 3. The minimum atomic E-state index is -0.184. The van der Waals surface area contributed by atoms with E-state index in [2.05, 4.69) is 28.3 Å². The van der Waals surface area contributed by atoms with Crippen LogP contribution in [0.1, 0.15) is 35.4 Å². The van der Waals surface area contributed by atoms with Crippen molar-refractivity contribution in [3.05, 3.63) is 58.9 Å². The van der Waals surface area contributed by atoms with Crippen molar-refractivity contribution in [1.82, 2.24) is 24.4 Å². The van der Waals surface area contributed by atoms with Crippen LogP contribution in [0.2, 0.25) is 0 Å². The van der Waals surface area contributed by atoms with Gasteiger partial charge in [-0.05, 0) is 49.1 Å². The van der Waals surface area contributed by atoms with Gasteiger partial charge in [-0.2, -0.15) is 5.10 Å². The summed E-state index contributed by atoms with van der Waals surface area (Å²) in [6, 6.07) is 7.33. The fraction of sp³-hybridized carbons (Fsp3) is 0.348. The Bertz CT molecular complexity index is 1330. The minimum Gasteiger partial charge on any atom is -0.493 e. The highest BCUT2D eigenvalue weighted by Gasteiger charge is 2.31. The lowest BCUT2D eigenvalue weighted by Gasteiger charge is -2.16. The summed E-state index contributed by atoms with van der Waals surface area (Å²) >= 11 is 0. The first kappa shape index (κ1) is 18.4. The van der Waals surface area contributed by atoms with Crippen molar-refractivity contribution in [2.75, 3.05) is 13.2 Å². The Morgan fingerprint density at radius 3 is 2.77 bits per heavy atom. The largest absolute Gasteiger partial charge is 0.493 e. The number of ether oxygens (including phenoxy) is 2. The number of hydrogen-bond acceptors (Lipinski definition) is 5. The Morgan fingerprint density at radius 2 is 1.97 bits per heavy atom. The molecule has 0 amide bonds. The summed E-state index contributed by atoms with van der Waals surface area (Å²) in [5.41, 5.74) is 6.25. The maximum Gasteiger partial charge on any atom is 0.170 e. The molecule has 0 saturated heterocycles. The molecule has 0 aliphatic carbocycles. The maximum absolute atomic E-state index is 14.8. The van der Waals surface area contributed by atoms with Gasteiger partial charge < -0.3 is 9.47 Å². The fourth-order valence-electron chi connectivity index (χ4n) is 4.81. The summed E-state index contributed by atoms with van der Waals surface area (Å²) in [5, 5.41) is 13.1. The van der Waals surface area contributed by atoms with Gasteiger partial charge >= 0.3 is 0 Å². The van der Waals surface area contributed by atoms with Crippen LogP contribution in [0.25, 0.3) is 16.9 Å². The molecule has 1 atom stereocenters. The molecule has 0 N–H and O–H groups in total. The number of rotatable bonds is 2. The molecule has 31 heavy (non-hydrogen) atoms. The predicted molar refractivity (Wildman–Crippen MR) is 112 cm³/mol. The molecule has 2 aliphatic heterocycles. The zero-order valence-corrected chi connectivity index (χ0v) is 17.4. The lowest BCUT2D eigenvalue weighted by atomic mass is 9.93. The smallest absolute Gasteiger partial charge is 0.170 e. The highest BCUT2D eigenvalue weighted by atomic mass is 19.1. The molecule has 7 nitrogen and oxygen atoms in total. The molecular formula is C23H22FN5O2. The third-order valence-electron chi connectivity index (χ3n) is 6.37. The Kier molecular flexibility index (Phi) is 4.03. The van der Waals surface area contributed by atoms with Crippen molar-refractivity contribution in [2.45, 2.75) is 32.1 Å². The molecule has 0 radical (unpaired) electrons. The van der Waals surface area contributed by atoms with Gasteiger partial charge in [0.15, 0.2) is 5.65 Å². The highest BCUT2D eigenvalue weighted by molar-refractivity contribution is 5.77. The van der Waals surface area contributed by atoms with Crippen LogP contribution in [-0.2, 0) is 26.3 Å². The zero-order valence-electron chi connectivity index (χ0n) is 17.4. The van der Waals surface area contributed by atoms with E-state index in [1.165, 1.54) is 6.07 Å². The Balaban J connectivity index is 1.52. The summed E-state index contributed by atoms with van der Waals surface area (Å²) in [5.74, 6) is 1.36. The molecule has 6 rings (SSSR count). The third kappa shape index (κ3) is 2.74. The number of pyridine rings is 1. The minimum absolute atomic E-state index is 0.00936. The lowest BCUT2D eigenvalue weighted by molar-refractivity contribution is 0.246. The summed E-state index contributed by atoms with van der Waals surface area (Å²) < 4.78 is 30.8. The van der Waals surface area contributed by atoms with Crippen molar-refractivity contribution < 1.29 is 13.9 Å². The number of nitrogens with zero attached hydrogens (tertiary/aromatic N) is 5. The van der Waals surface area contributed by atoms with Crippen molar-refractivity contribution in [1.29, 1.82) is 0 Å². The van der Waals surface area contributed by atoms with Crippen molar-refractivity contribution >= 4 is 5.65 Å². The van der Waals surface area contributed by atoms with Gasteiger partial charge in [0.2, 0.25) is 0 Å². The van der Waals surface area contributed by atoms with Crippen LogP contribution < -0.4 is 9.47 Å². The predicted octanol–water partition coefficient (Wildman–Crippen LogP) is 3.48. The number of benzene rings is 1. The summed E-state index contributed by atoms with van der Waals surface area (Å²) in [4.78, 5) is 0. The molecule has 158 valence electrons. The van der Waals surface area contributed by atoms with Crippen molar-refractivity contribution in [3.63, 3.8) is 0 Å². The van der Waals surface area contributed by atoms with E-state index in [1.54, 1.807) is 12.4 Å². The van der Waals surface area contributed by atoms with Gasteiger partial charge in [0, 0.05) is 18.2 Å². The van der Waals surface area contributed by atoms with Crippen molar-refractivity contribution in [2.24, 2.45) is 7.05 Å². The van der Waals surface area contributed by atoms with E-state index in [0.717, 1.165) is 57.3 Å². The van der Waals surface area contributed by atoms with E-state index in [-0.39, 0.29) is 11.7 Å². The van der Waals surface area contributed by atoms with Gasteiger partial charge in [-0.15, -0.1) is 10.2 Å². The molecule has 2 aliphatic rings. The molecule has 5 heterocycles. The first-order valence-corrected chi connectivity index (χ1v) is 10.6. The van der Waals surface area contributed by atoms with Gasteiger partial charge in [0.25, 0.3) is 0 Å². The molecular weight excluding hydrogens is 397 g/mol. The molecule has 0 unspecified atom stereocenters. The first-order valence-electron chi connectivity index (χ1n) is 10.6. The average molecular weight is 419 g/mol. The molecule has 0 fully saturated rings. The van der Waals surface area contributed by atoms with Gasteiger partial charge in [-0.25, -0.2) is 4.39 Å². The van der Waals surface area contributed by atoms with E-state index in [0.29, 0.717) is 26.1 Å². The van der Waals surface area contributed by atoms with E-state index >= 15 is 0 Å². The summed E-state index contributed by atoms with van der Waals surface area (Å²) in [7, 11) is 1.93. The van der Waals surface area contributed by atoms with Crippen LogP contribution in [0.3, 0.4) is 0 Å². The Labute approximate surface area is 178 Å². The summed E-state index contributed by atoms with van der Waals surface area (Å²) in [6.45, 7) is 3.01. The van der Waals surface area contributed by atoms with Gasteiger partial charge in [-0.1, -0.05) is 6.92 Å². The average Bonchev–Trinajstić information content (AvgIpc) is 3.50. The SMILES string of the molecule is CCc1cc(-c2cc3c(n4cnnc24)CCc2c(F)ccc4c2[C@H](CO4)CO3)n(C)n1. The molecule has 0 spiro atoms. The Hall–Kier alpha value is -3.42. The van der Waals surface area contributed by atoms with Crippen LogP contribution in [-0.4, -0.2) is 37.6 Å². The molecule has 4 aromatic rings. The topological polar surface area (TPSA) is 66.5 Å². The zero-order chi connectivity index (χ0) is 21.1. The van der Waals surface area contributed by atoms with E-state index < -0.39 is 0 Å². The van der Waals surface area contributed by atoms with Crippen LogP contribution in [0.15, 0.2) is 30.6 Å². The third-order valence-corrected chi connectivity index (χ3v) is 6.37. The number of aromatic nitrogens is 5. The van der Waals surface area contributed by atoms with Crippen LogP contribution >= 0.6 is 0 Å². The normalized spacial score (nSPS) is 17.3. The maximum atomic E-state index is 14.8. The van der Waals surface area contributed by atoms with Gasteiger partial charge in [0.1, 0.15) is 23.6 Å². The standard InChI is InChI=1S/C23H22FN5O2/c1-3-14-8-19(28(2)27-14)16-9-21-18(29-12-25-26-23(16)29)6-4-15-17(24)5-7-20-22(15)13(10-30-20)11-31-21/h5,7-9,12-13H,3-4,6,10-11H2,1-2H3/t13-/m1/s1. The summed E-state index contributed by atoms with van der Waals surface area (Å²) in [6.07, 6.45) is 3.72. The first-order chi connectivity index (χ1) is 15.1. The fourth-order valence-corrected chi connectivity index (χ4v) is 4.81. The molecule has 0 saturated carbocycles. The number of aryl methyl sites for hydroxylation is 3. The van der Waals surface area contributed by atoms with E-state index in [9.17, 15) is 4.39 Å². The lowest BCUT2D eigenvalue weighted by Crippen LogP contribution is -2.13. The van der Waals surface area contributed by atoms with E-state index in [1.807, 2.05) is 22.2 Å². The quantitative estimate of drug-likeness (QED) is 0.498. The molecule has 1 aromatic carbocycles. The number of hydrogen-bond donors (Lipinski definition) is 0. The molecule has 3 aromatic heterocycles. The number of halogens is 1. The molecule has 8 heteroatoms. The van der Waals surface area contributed by atoms with Gasteiger partial charge in [-0.3, -0.25) is 9.08 Å². The van der Waals surface area contributed by atoms with Crippen LogP contribution in [0, 0.1) is 5.82 Å². The van der Waals surface area contributed by atoms with E-state index in [4.69, 9.17) is 9.47 Å². The van der Waals surface area contributed by atoms with Crippen LogP contribution in [0.4, 0.5) is 4.39 Å². The second kappa shape index (κ2) is 6.80. The second-order valence-electron chi connectivity index (χ2n) is 8.15. The highest BCUT2D eigenvalue weighted by Crippen LogP contribution is 2.41. The monoisotopic (exact) mass is 419 g/mol. The van der Waals surface area contributed by atoms with Gasteiger partial charge in [0.05, 0.1) is 36.2 Å². The van der Waals surface area contributed by atoms with Crippen LogP contribution in [0.5, 0.6) is 11.5 Å². The van der Waals surface area contributed by atoms with Crippen molar-refractivity contribution in [3.8, 4) is 22.8 Å². The Morgan fingerprint density at radius 1 is 1.13 bits per heavy atom. The second-order valence-corrected chi connectivity index (χ2v) is 8.15. The molecule has 0 bridgehead atoms.